The number of nitrogens with one attached hydrogen (secondary N) is 1. The number of carbonyl (C=O) groups is 1. The molecule has 0 aliphatic carbocycles. The van der Waals surface area contributed by atoms with E-state index in [9.17, 15) is 4.79 Å². The highest BCUT2D eigenvalue weighted by Crippen LogP contribution is 2.27. The Morgan fingerprint density at radius 3 is 2.64 bits per heavy atom. The number of piperazine rings is 1. The van der Waals surface area contributed by atoms with Gasteiger partial charge in [0.25, 0.3) is 5.91 Å². The maximum absolute atomic E-state index is 12.5. The predicted octanol–water partition coefficient (Wildman–Crippen LogP) is 2.75. The van der Waals surface area contributed by atoms with E-state index in [4.69, 9.17) is 16.3 Å². The second kappa shape index (κ2) is 7.72. The van der Waals surface area contributed by atoms with E-state index in [-0.39, 0.29) is 5.91 Å². The summed E-state index contributed by atoms with van der Waals surface area (Å²) < 4.78 is 5.12. The summed E-state index contributed by atoms with van der Waals surface area (Å²) in [5.41, 5.74) is 1.18. The molecule has 25 heavy (non-hydrogen) atoms. The number of methoxy groups -OCH3 is 1. The van der Waals surface area contributed by atoms with Crippen LogP contribution in [0.2, 0.25) is 5.02 Å². The lowest BCUT2D eigenvalue weighted by Crippen LogP contribution is -2.44. The number of ether oxygens (including phenoxy) is 1. The molecule has 7 heteroatoms. The van der Waals surface area contributed by atoms with Gasteiger partial charge in [0, 0.05) is 43.6 Å². The van der Waals surface area contributed by atoms with Crippen molar-refractivity contribution in [3.8, 4) is 5.75 Å². The first-order valence-electron chi connectivity index (χ1n) is 8.11. The number of aromatic nitrogens is 1. The van der Waals surface area contributed by atoms with Crippen molar-refractivity contribution in [2.75, 3.05) is 50.6 Å². The van der Waals surface area contributed by atoms with Gasteiger partial charge >= 0.3 is 0 Å². The number of hydrogen-bond acceptors (Lipinski definition) is 5. The van der Waals surface area contributed by atoms with E-state index in [1.54, 1.807) is 37.6 Å². The van der Waals surface area contributed by atoms with Crippen LogP contribution in [0.3, 0.4) is 0 Å². The second-order valence-corrected chi connectivity index (χ2v) is 6.40. The van der Waals surface area contributed by atoms with E-state index < -0.39 is 0 Å². The lowest BCUT2D eigenvalue weighted by Gasteiger charge is -2.33. The maximum atomic E-state index is 12.5. The molecular formula is C18H21ClN4O2. The van der Waals surface area contributed by atoms with E-state index in [0.717, 1.165) is 32.0 Å². The van der Waals surface area contributed by atoms with Crippen molar-refractivity contribution in [3.05, 3.63) is 47.1 Å². The summed E-state index contributed by atoms with van der Waals surface area (Å²) in [5.74, 6) is 1.20. The van der Waals surface area contributed by atoms with Crippen LogP contribution in [0.1, 0.15) is 10.4 Å². The van der Waals surface area contributed by atoms with Gasteiger partial charge in [-0.25, -0.2) is 4.98 Å². The highest BCUT2D eigenvalue weighted by molar-refractivity contribution is 6.32. The second-order valence-electron chi connectivity index (χ2n) is 6.00. The van der Waals surface area contributed by atoms with Crippen LogP contribution in [0, 0.1) is 0 Å². The first kappa shape index (κ1) is 17.5. The molecule has 3 rings (SSSR count). The third-order valence-electron chi connectivity index (χ3n) is 4.24. The number of nitrogens with zero attached hydrogens (tertiary/aromatic N) is 3. The van der Waals surface area contributed by atoms with E-state index >= 15 is 0 Å². The Balaban J connectivity index is 1.72. The molecule has 0 atom stereocenters. The number of rotatable bonds is 4. The van der Waals surface area contributed by atoms with Crippen molar-refractivity contribution in [3.63, 3.8) is 0 Å². The number of halogens is 1. The minimum absolute atomic E-state index is 0.195. The molecule has 132 valence electrons. The summed E-state index contributed by atoms with van der Waals surface area (Å²) in [6, 6.07) is 8.68. The molecule has 1 amide bonds. The molecular weight excluding hydrogens is 340 g/mol. The summed E-state index contributed by atoms with van der Waals surface area (Å²) in [7, 11) is 3.66. The van der Waals surface area contributed by atoms with Gasteiger partial charge < -0.3 is 19.9 Å². The first-order valence-corrected chi connectivity index (χ1v) is 8.49. The van der Waals surface area contributed by atoms with Crippen molar-refractivity contribution in [1.29, 1.82) is 0 Å². The Kier molecular flexibility index (Phi) is 5.40. The number of carbonyl (C=O) groups excluding carboxylic acids is 1. The van der Waals surface area contributed by atoms with Crippen molar-refractivity contribution in [2.45, 2.75) is 0 Å². The standard InChI is InChI=1S/C18H21ClN4O2/c1-22-7-9-23(10-8-22)17-11-13(5-6-20-17)18(24)21-14-3-4-16(25-2)15(19)12-14/h3-6,11-12H,7-10H2,1-2H3,(H,21,24). The molecule has 0 unspecified atom stereocenters. The molecule has 1 saturated heterocycles. The summed E-state index contributed by atoms with van der Waals surface area (Å²) in [6.45, 7) is 3.79. The predicted molar refractivity (Wildman–Crippen MR) is 99.9 cm³/mol. The van der Waals surface area contributed by atoms with Gasteiger partial charge in [-0.2, -0.15) is 0 Å². The van der Waals surface area contributed by atoms with Gasteiger partial charge in [0.15, 0.2) is 0 Å². The lowest BCUT2D eigenvalue weighted by molar-refractivity contribution is 0.102. The summed E-state index contributed by atoms with van der Waals surface area (Å²) in [6.07, 6.45) is 1.67. The summed E-state index contributed by atoms with van der Waals surface area (Å²) >= 11 is 6.10. The zero-order valence-electron chi connectivity index (χ0n) is 14.3. The Morgan fingerprint density at radius 1 is 1.20 bits per heavy atom. The van der Waals surface area contributed by atoms with Crippen molar-refractivity contribution in [2.24, 2.45) is 0 Å². The van der Waals surface area contributed by atoms with Gasteiger partial charge in [-0.05, 0) is 37.4 Å². The van der Waals surface area contributed by atoms with Crippen LogP contribution in [0.4, 0.5) is 11.5 Å². The molecule has 6 nitrogen and oxygen atoms in total. The van der Waals surface area contributed by atoms with Gasteiger partial charge in [0.1, 0.15) is 11.6 Å². The van der Waals surface area contributed by atoms with E-state index in [2.05, 4.69) is 27.1 Å². The van der Waals surface area contributed by atoms with E-state index in [0.29, 0.717) is 22.0 Å². The van der Waals surface area contributed by atoms with Crippen LogP contribution in [0.5, 0.6) is 5.75 Å². The zero-order valence-corrected chi connectivity index (χ0v) is 15.1. The van der Waals surface area contributed by atoms with Crippen molar-refractivity contribution < 1.29 is 9.53 Å². The van der Waals surface area contributed by atoms with E-state index in [1.807, 2.05) is 6.07 Å². The third-order valence-corrected chi connectivity index (χ3v) is 4.54. The average Bonchev–Trinajstić information content (AvgIpc) is 2.62. The highest BCUT2D eigenvalue weighted by atomic mass is 35.5. The highest BCUT2D eigenvalue weighted by Gasteiger charge is 2.17. The van der Waals surface area contributed by atoms with Crippen LogP contribution in [-0.2, 0) is 0 Å². The molecule has 1 fully saturated rings. The third kappa shape index (κ3) is 4.21. The average molecular weight is 361 g/mol. The Labute approximate surface area is 152 Å². The summed E-state index contributed by atoms with van der Waals surface area (Å²) in [5, 5.41) is 3.31. The molecule has 1 aromatic carbocycles. The Bertz CT molecular complexity index is 760. The number of hydrogen-bond donors (Lipinski definition) is 1. The maximum Gasteiger partial charge on any atom is 0.255 e. The first-order chi connectivity index (χ1) is 12.1. The number of pyridine rings is 1. The van der Waals surface area contributed by atoms with E-state index in [1.165, 1.54) is 0 Å². The quantitative estimate of drug-likeness (QED) is 0.908. The molecule has 2 aromatic rings. The minimum atomic E-state index is -0.195. The van der Waals surface area contributed by atoms with Gasteiger partial charge in [-0.1, -0.05) is 11.6 Å². The summed E-state index contributed by atoms with van der Waals surface area (Å²) in [4.78, 5) is 21.4. The topological polar surface area (TPSA) is 57.7 Å². The van der Waals surface area contributed by atoms with Gasteiger partial charge in [-0.3, -0.25) is 4.79 Å². The van der Waals surface area contributed by atoms with Crippen LogP contribution in [-0.4, -0.2) is 56.1 Å². The molecule has 1 aromatic heterocycles. The lowest BCUT2D eigenvalue weighted by atomic mass is 10.2. The Morgan fingerprint density at radius 2 is 1.96 bits per heavy atom. The van der Waals surface area contributed by atoms with Crippen LogP contribution in [0.25, 0.3) is 0 Å². The number of benzene rings is 1. The molecule has 1 aliphatic rings. The fraction of sp³-hybridized carbons (Fsp3) is 0.333. The fourth-order valence-electron chi connectivity index (χ4n) is 2.72. The van der Waals surface area contributed by atoms with Crippen molar-refractivity contribution in [1.82, 2.24) is 9.88 Å². The molecule has 0 spiro atoms. The SMILES string of the molecule is COc1ccc(NC(=O)c2ccnc(N3CCN(C)CC3)c2)cc1Cl. The molecule has 1 aliphatic heterocycles. The fourth-order valence-corrected chi connectivity index (χ4v) is 2.97. The van der Waals surface area contributed by atoms with Crippen LogP contribution < -0.4 is 15.0 Å². The monoisotopic (exact) mass is 360 g/mol. The molecule has 0 radical (unpaired) electrons. The van der Waals surface area contributed by atoms with Gasteiger partial charge in [-0.15, -0.1) is 0 Å². The molecule has 0 bridgehead atoms. The molecule has 1 N–H and O–H groups in total. The van der Waals surface area contributed by atoms with Gasteiger partial charge in [0.2, 0.25) is 0 Å². The minimum Gasteiger partial charge on any atom is -0.495 e. The smallest absolute Gasteiger partial charge is 0.255 e. The van der Waals surface area contributed by atoms with Crippen LogP contribution in [0.15, 0.2) is 36.5 Å². The van der Waals surface area contributed by atoms with Crippen molar-refractivity contribution >= 4 is 29.0 Å². The van der Waals surface area contributed by atoms with Gasteiger partial charge in [0.05, 0.1) is 12.1 Å². The molecule has 2 heterocycles. The Hall–Kier alpha value is -2.31. The zero-order chi connectivity index (χ0) is 17.8. The molecule has 0 saturated carbocycles. The number of likely N-dealkylation sites (N-methyl/N-ethyl adjacent to an activating group) is 1. The number of anilines is 2. The normalized spacial score (nSPS) is 15.1. The van der Waals surface area contributed by atoms with Crippen LogP contribution >= 0.6 is 11.6 Å². The number of amides is 1. The largest absolute Gasteiger partial charge is 0.495 e.